The first kappa shape index (κ1) is 18.5. The molecule has 148 valence electrons. The van der Waals surface area contributed by atoms with Crippen molar-refractivity contribution in [2.75, 3.05) is 25.6 Å². The number of amides is 4. The lowest BCUT2D eigenvalue weighted by Crippen LogP contribution is -2.53. The molecule has 1 aromatic carbocycles. The maximum atomic E-state index is 14.0. The average Bonchev–Trinajstić information content (AvgIpc) is 3.19. The Bertz CT molecular complexity index is 906. The van der Waals surface area contributed by atoms with Gasteiger partial charge in [-0.25, -0.2) is 4.39 Å². The van der Waals surface area contributed by atoms with Crippen LogP contribution >= 0.6 is 0 Å². The van der Waals surface area contributed by atoms with E-state index in [9.17, 15) is 23.6 Å². The lowest BCUT2D eigenvalue weighted by Gasteiger charge is -2.29. The van der Waals surface area contributed by atoms with Crippen molar-refractivity contribution in [3.63, 3.8) is 0 Å². The molecule has 4 N–H and O–H groups in total. The van der Waals surface area contributed by atoms with E-state index < -0.39 is 52.9 Å². The van der Waals surface area contributed by atoms with Gasteiger partial charge in [0.05, 0.1) is 25.0 Å². The largest absolute Gasteiger partial charge is 0.383 e. The average molecular weight is 390 g/mol. The molecule has 0 bridgehead atoms. The number of rotatable bonds is 5. The van der Waals surface area contributed by atoms with Crippen LogP contribution in [0.3, 0.4) is 0 Å². The summed E-state index contributed by atoms with van der Waals surface area (Å²) in [6, 6.07) is 2.93. The Labute approximate surface area is 159 Å². The zero-order valence-corrected chi connectivity index (χ0v) is 15.0. The second-order valence-corrected chi connectivity index (χ2v) is 7.20. The first-order chi connectivity index (χ1) is 13.3. The summed E-state index contributed by atoms with van der Waals surface area (Å²) in [5, 5.41) is 5.64. The fraction of sp³-hybridized carbons (Fsp3) is 0.444. The van der Waals surface area contributed by atoms with Crippen LogP contribution in [0.1, 0.15) is 12.0 Å². The van der Waals surface area contributed by atoms with Crippen LogP contribution in [0.4, 0.5) is 10.1 Å². The molecule has 4 atom stereocenters. The number of carbonyl (C=O) groups excluding carboxylic acids is 4. The Hall–Kier alpha value is -2.85. The van der Waals surface area contributed by atoms with Gasteiger partial charge in [0.25, 0.3) is 0 Å². The van der Waals surface area contributed by atoms with E-state index in [1.807, 2.05) is 0 Å². The number of nitrogens with zero attached hydrogens (tertiary/aromatic N) is 1. The minimum absolute atomic E-state index is 0.0260. The van der Waals surface area contributed by atoms with Crippen molar-refractivity contribution in [2.24, 2.45) is 17.6 Å². The Balaban J connectivity index is 1.85. The van der Waals surface area contributed by atoms with Gasteiger partial charge in [-0.3, -0.25) is 29.4 Å². The Kier molecular flexibility index (Phi) is 4.20. The van der Waals surface area contributed by atoms with Crippen LogP contribution in [0.15, 0.2) is 18.2 Å². The minimum atomic E-state index is -1.64. The van der Waals surface area contributed by atoms with Gasteiger partial charge in [-0.05, 0) is 18.2 Å². The molecule has 3 heterocycles. The fourth-order valence-electron chi connectivity index (χ4n) is 4.63. The number of hydrogen-bond acceptors (Lipinski definition) is 6. The van der Waals surface area contributed by atoms with Gasteiger partial charge < -0.3 is 15.8 Å². The molecule has 2 saturated heterocycles. The van der Waals surface area contributed by atoms with Crippen molar-refractivity contribution in [3.05, 3.63) is 29.6 Å². The van der Waals surface area contributed by atoms with Crippen LogP contribution in [-0.4, -0.2) is 54.8 Å². The number of nitrogens with one attached hydrogen (secondary N) is 2. The molecule has 3 aliphatic rings. The molecule has 2 fully saturated rings. The van der Waals surface area contributed by atoms with E-state index in [-0.39, 0.29) is 25.1 Å². The van der Waals surface area contributed by atoms with E-state index in [1.54, 1.807) is 0 Å². The summed E-state index contributed by atoms with van der Waals surface area (Å²) in [6.07, 6.45) is -0.238. The summed E-state index contributed by atoms with van der Waals surface area (Å²) in [4.78, 5) is 51.7. The number of carbonyl (C=O) groups is 4. The maximum Gasteiger partial charge on any atom is 0.250 e. The van der Waals surface area contributed by atoms with E-state index >= 15 is 0 Å². The van der Waals surface area contributed by atoms with Crippen molar-refractivity contribution in [3.8, 4) is 0 Å². The van der Waals surface area contributed by atoms with E-state index in [0.29, 0.717) is 5.69 Å². The second kappa shape index (κ2) is 6.35. The number of hydrogen-bond donors (Lipinski definition) is 3. The topological polar surface area (TPSA) is 131 Å². The summed E-state index contributed by atoms with van der Waals surface area (Å²) in [7, 11) is 1.44. The molecule has 10 heteroatoms. The standard InChI is InChI=1S/C18H19FN4O5/c1-28-5-4-23-15(25)13-11(7-12(20)24)22-18(14(13)16(23)26)9-6-8(19)2-3-10(9)21-17(18)27/h2-3,6,11,13-14,22H,4-5,7H2,1H3,(H2,20,24)(H,21,27)/t11-,13-,14-,18+/m0/s1. The van der Waals surface area contributed by atoms with Crippen LogP contribution in [0, 0.1) is 17.7 Å². The van der Waals surface area contributed by atoms with Gasteiger partial charge in [-0.15, -0.1) is 0 Å². The highest BCUT2D eigenvalue weighted by Gasteiger charge is 2.70. The van der Waals surface area contributed by atoms with Crippen molar-refractivity contribution < 1.29 is 28.3 Å². The van der Waals surface area contributed by atoms with Crippen molar-refractivity contribution in [1.29, 1.82) is 0 Å². The fourth-order valence-corrected chi connectivity index (χ4v) is 4.63. The van der Waals surface area contributed by atoms with Crippen LogP contribution in [0.25, 0.3) is 0 Å². The number of primary amides is 1. The molecule has 1 spiro atoms. The molecule has 28 heavy (non-hydrogen) atoms. The number of ether oxygens (including phenoxy) is 1. The van der Waals surface area contributed by atoms with Gasteiger partial charge >= 0.3 is 0 Å². The Morgan fingerprint density at radius 2 is 2.07 bits per heavy atom. The third kappa shape index (κ3) is 2.38. The smallest absolute Gasteiger partial charge is 0.250 e. The molecule has 3 aliphatic heterocycles. The molecule has 0 unspecified atom stereocenters. The molecule has 9 nitrogen and oxygen atoms in total. The SMILES string of the molecule is COCCN1C(=O)[C@H]2[C@H](CC(N)=O)N[C@@]3(C(=O)Nc4ccc(F)cc43)[C@@H]2C1=O. The molecule has 4 rings (SSSR count). The summed E-state index contributed by atoms with van der Waals surface area (Å²) in [5.74, 6) is -4.95. The number of likely N-dealkylation sites (tertiary alicyclic amines) is 1. The highest BCUT2D eigenvalue weighted by atomic mass is 19.1. The van der Waals surface area contributed by atoms with Crippen LogP contribution in [-0.2, 0) is 29.5 Å². The lowest BCUT2D eigenvalue weighted by molar-refractivity contribution is -0.143. The van der Waals surface area contributed by atoms with E-state index in [0.717, 1.165) is 4.90 Å². The highest BCUT2D eigenvalue weighted by molar-refractivity contribution is 6.15. The quantitative estimate of drug-likeness (QED) is 0.557. The maximum absolute atomic E-state index is 14.0. The molecule has 4 amide bonds. The molecular weight excluding hydrogens is 371 g/mol. The molecular formula is C18H19FN4O5. The Morgan fingerprint density at radius 1 is 1.32 bits per heavy atom. The number of methoxy groups -OCH3 is 1. The summed E-state index contributed by atoms with van der Waals surface area (Å²) >= 11 is 0. The van der Waals surface area contributed by atoms with E-state index in [4.69, 9.17) is 10.5 Å². The van der Waals surface area contributed by atoms with Crippen LogP contribution in [0.5, 0.6) is 0 Å². The number of fused-ring (bicyclic) bond motifs is 4. The van der Waals surface area contributed by atoms with Gasteiger partial charge in [0.2, 0.25) is 23.6 Å². The zero-order chi connectivity index (χ0) is 20.2. The zero-order valence-electron chi connectivity index (χ0n) is 15.0. The summed E-state index contributed by atoms with van der Waals surface area (Å²) in [5.41, 5.74) is 4.28. The number of halogens is 1. The van der Waals surface area contributed by atoms with E-state index in [2.05, 4.69) is 10.6 Å². The molecule has 0 aromatic heterocycles. The van der Waals surface area contributed by atoms with Crippen molar-refractivity contribution >= 4 is 29.3 Å². The number of anilines is 1. The monoisotopic (exact) mass is 390 g/mol. The molecule has 0 aliphatic carbocycles. The third-order valence-corrected chi connectivity index (χ3v) is 5.71. The predicted octanol–water partition coefficient (Wildman–Crippen LogP) is -0.932. The number of benzene rings is 1. The predicted molar refractivity (Wildman–Crippen MR) is 93.0 cm³/mol. The Morgan fingerprint density at radius 3 is 2.75 bits per heavy atom. The lowest BCUT2D eigenvalue weighted by atomic mass is 9.76. The van der Waals surface area contributed by atoms with Crippen molar-refractivity contribution in [1.82, 2.24) is 10.2 Å². The molecule has 0 radical (unpaired) electrons. The molecule has 1 aromatic rings. The van der Waals surface area contributed by atoms with Crippen molar-refractivity contribution in [2.45, 2.75) is 18.0 Å². The highest BCUT2D eigenvalue weighted by Crippen LogP contribution is 2.53. The van der Waals surface area contributed by atoms with Crippen LogP contribution < -0.4 is 16.4 Å². The van der Waals surface area contributed by atoms with Gasteiger partial charge in [0, 0.05) is 30.8 Å². The first-order valence-corrected chi connectivity index (χ1v) is 8.83. The second-order valence-electron chi connectivity index (χ2n) is 7.20. The molecule has 0 saturated carbocycles. The van der Waals surface area contributed by atoms with Gasteiger partial charge in [-0.1, -0.05) is 0 Å². The van der Waals surface area contributed by atoms with Gasteiger partial charge in [0.1, 0.15) is 11.4 Å². The summed E-state index contributed by atoms with van der Waals surface area (Å²) < 4.78 is 18.9. The minimum Gasteiger partial charge on any atom is -0.383 e. The number of nitrogens with two attached hydrogens (primary N) is 1. The normalized spacial score (nSPS) is 30.7. The number of imide groups is 1. The van der Waals surface area contributed by atoms with Gasteiger partial charge in [-0.2, -0.15) is 0 Å². The van der Waals surface area contributed by atoms with Gasteiger partial charge in [0.15, 0.2) is 0 Å². The van der Waals surface area contributed by atoms with E-state index in [1.165, 1.54) is 25.3 Å². The van der Waals surface area contributed by atoms with Crippen LogP contribution in [0.2, 0.25) is 0 Å². The first-order valence-electron chi connectivity index (χ1n) is 8.83. The summed E-state index contributed by atoms with van der Waals surface area (Å²) in [6.45, 7) is 0.160. The third-order valence-electron chi connectivity index (χ3n) is 5.71.